The molecule has 132 valence electrons. The van der Waals surface area contributed by atoms with Crippen molar-refractivity contribution in [1.29, 1.82) is 0 Å². The molecule has 1 fully saturated rings. The van der Waals surface area contributed by atoms with Crippen molar-refractivity contribution in [2.45, 2.75) is 26.2 Å². The number of rotatable bonds is 5. The molecule has 0 spiro atoms. The Hall–Kier alpha value is -2.63. The van der Waals surface area contributed by atoms with Gasteiger partial charge in [0.2, 0.25) is 11.8 Å². The number of esters is 1. The van der Waals surface area contributed by atoms with Crippen molar-refractivity contribution in [3.63, 3.8) is 0 Å². The quantitative estimate of drug-likeness (QED) is 0.781. The molecule has 2 aromatic rings. The van der Waals surface area contributed by atoms with Gasteiger partial charge in [0.1, 0.15) is 6.26 Å². The lowest BCUT2D eigenvalue weighted by atomic mass is 9.98. The number of ether oxygens (including phenoxy) is 1. The zero-order valence-electron chi connectivity index (χ0n) is 14.3. The van der Waals surface area contributed by atoms with Gasteiger partial charge in [-0.25, -0.2) is 4.98 Å². The largest absolute Gasteiger partial charge is 0.466 e. The highest BCUT2D eigenvalue weighted by Gasteiger charge is 2.29. The van der Waals surface area contributed by atoms with Crippen molar-refractivity contribution in [2.24, 2.45) is 5.92 Å². The molecule has 1 saturated heterocycles. The Morgan fingerprint density at radius 2 is 2.12 bits per heavy atom. The maximum absolute atomic E-state index is 12.5. The van der Waals surface area contributed by atoms with E-state index < -0.39 is 0 Å². The summed E-state index contributed by atoms with van der Waals surface area (Å²) >= 11 is 0. The number of amides is 1. The SMILES string of the molecule is CCOC(=O)C1CCCN(C(=O)Cc2coc(-c3ccccc3)n2)C1. The van der Waals surface area contributed by atoms with Gasteiger partial charge in [-0.05, 0) is 31.9 Å². The van der Waals surface area contributed by atoms with E-state index in [0.717, 1.165) is 18.4 Å². The van der Waals surface area contributed by atoms with E-state index in [1.165, 1.54) is 6.26 Å². The second-order valence-electron chi connectivity index (χ2n) is 6.12. The van der Waals surface area contributed by atoms with Gasteiger partial charge in [0.25, 0.3) is 0 Å². The van der Waals surface area contributed by atoms with Crippen molar-refractivity contribution >= 4 is 11.9 Å². The van der Waals surface area contributed by atoms with E-state index in [1.54, 1.807) is 11.8 Å². The van der Waals surface area contributed by atoms with Crippen LogP contribution in [-0.2, 0) is 20.7 Å². The molecule has 0 bridgehead atoms. The maximum Gasteiger partial charge on any atom is 0.310 e. The number of piperidine rings is 1. The highest BCUT2D eigenvalue weighted by atomic mass is 16.5. The van der Waals surface area contributed by atoms with E-state index in [-0.39, 0.29) is 24.2 Å². The minimum absolute atomic E-state index is 0.0399. The van der Waals surface area contributed by atoms with Crippen molar-refractivity contribution in [3.05, 3.63) is 42.3 Å². The van der Waals surface area contributed by atoms with Crippen LogP contribution < -0.4 is 0 Å². The molecule has 1 unspecified atom stereocenters. The number of benzene rings is 1. The Kier molecular flexibility index (Phi) is 5.48. The summed E-state index contributed by atoms with van der Waals surface area (Å²) in [6.07, 6.45) is 3.27. The smallest absolute Gasteiger partial charge is 0.310 e. The maximum atomic E-state index is 12.5. The van der Waals surface area contributed by atoms with Crippen molar-refractivity contribution in [2.75, 3.05) is 19.7 Å². The predicted octanol–water partition coefficient (Wildman–Crippen LogP) is 2.69. The van der Waals surface area contributed by atoms with Gasteiger partial charge in [-0.2, -0.15) is 0 Å². The molecule has 0 aliphatic carbocycles. The van der Waals surface area contributed by atoms with Crippen molar-refractivity contribution < 1.29 is 18.7 Å². The number of aromatic nitrogens is 1. The van der Waals surface area contributed by atoms with Gasteiger partial charge < -0.3 is 14.1 Å². The number of carbonyl (C=O) groups is 2. The number of hydrogen-bond acceptors (Lipinski definition) is 5. The predicted molar refractivity (Wildman–Crippen MR) is 91.6 cm³/mol. The topological polar surface area (TPSA) is 72.6 Å². The Morgan fingerprint density at radius 1 is 1.32 bits per heavy atom. The Morgan fingerprint density at radius 3 is 2.88 bits per heavy atom. The molecule has 1 aliphatic heterocycles. The van der Waals surface area contributed by atoms with Crippen LogP contribution in [0.1, 0.15) is 25.5 Å². The van der Waals surface area contributed by atoms with Crippen LogP contribution in [0.25, 0.3) is 11.5 Å². The van der Waals surface area contributed by atoms with Crippen LogP contribution >= 0.6 is 0 Å². The minimum Gasteiger partial charge on any atom is -0.466 e. The summed E-state index contributed by atoms with van der Waals surface area (Å²) in [5, 5.41) is 0. The fourth-order valence-corrected chi connectivity index (χ4v) is 3.02. The lowest BCUT2D eigenvalue weighted by molar-refractivity contribution is -0.151. The summed E-state index contributed by atoms with van der Waals surface area (Å²) in [7, 11) is 0. The van der Waals surface area contributed by atoms with Crippen LogP contribution in [0.15, 0.2) is 41.0 Å². The van der Waals surface area contributed by atoms with Gasteiger partial charge in [-0.15, -0.1) is 0 Å². The highest BCUT2D eigenvalue weighted by molar-refractivity contribution is 5.80. The summed E-state index contributed by atoms with van der Waals surface area (Å²) < 4.78 is 10.6. The van der Waals surface area contributed by atoms with E-state index in [1.807, 2.05) is 30.3 Å². The third-order valence-electron chi connectivity index (χ3n) is 4.30. The van der Waals surface area contributed by atoms with Crippen molar-refractivity contribution in [3.8, 4) is 11.5 Å². The fourth-order valence-electron chi connectivity index (χ4n) is 3.02. The molecular weight excluding hydrogens is 320 g/mol. The third kappa shape index (κ3) is 4.26. The second kappa shape index (κ2) is 7.96. The first-order chi connectivity index (χ1) is 12.2. The van der Waals surface area contributed by atoms with Crippen LogP contribution in [0.5, 0.6) is 0 Å². The molecule has 0 N–H and O–H groups in total. The zero-order chi connectivity index (χ0) is 17.6. The molecule has 0 saturated carbocycles. The number of nitrogens with zero attached hydrogens (tertiary/aromatic N) is 2. The van der Waals surface area contributed by atoms with Crippen LogP contribution in [-0.4, -0.2) is 41.5 Å². The molecule has 1 aromatic heterocycles. The van der Waals surface area contributed by atoms with E-state index in [9.17, 15) is 9.59 Å². The molecule has 3 rings (SSSR count). The van der Waals surface area contributed by atoms with E-state index in [4.69, 9.17) is 9.15 Å². The summed E-state index contributed by atoms with van der Waals surface area (Å²) in [6.45, 7) is 3.24. The van der Waals surface area contributed by atoms with Gasteiger partial charge in [-0.3, -0.25) is 9.59 Å². The molecule has 1 atom stereocenters. The van der Waals surface area contributed by atoms with Gasteiger partial charge in [-0.1, -0.05) is 18.2 Å². The second-order valence-corrected chi connectivity index (χ2v) is 6.12. The number of hydrogen-bond donors (Lipinski definition) is 0. The van der Waals surface area contributed by atoms with Gasteiger partial charge >= 0.3 is 5.97 Å². The molecule has 1 amide bonds. The van der Waals surface area contributed by atoms with Crippen LogP contribution in [0.2, 0.25) is 0 Å². The molecule has 6 nitrogen and oxygen atoms in total. The average molecular weight is 342 g/mol. The summed E-state index contributed by atoms with van der Waals surface area (Å²) in [5.41, 5.74) is 1.48. The molecule has 2 heterocycles. The van der Waals surface area contributed by atoms with Gasteiger partial charge in [0.15, 0.2) is 0 Å². The van der Waals surface area contributed by atoms with Crippen LogP contribution in [0, 0.1) is 5.92 Å². The van der Waals surface area contributed by atoms with Gasteiger partial charge in [0.05, 0.1) is 24.6 Å². The van der Waals surface area contributed by atoms with E-state index >= 15 is 0 Å². The van der Waals surface area contributed by atoms with Crippen LogP contribution in [0.4, 0.5) is 0 Å². The lowest BCUT2D eigenvalue weighted by Gasteiger charge is -2.31. The zero-order valence-corrected chi connectivity index (χ0v) is 14.3. The molecule has 1 aliphatic rings. The summed E-state index contributed by atoms with van der Waals surface area (Å²) in [4.78, 5) is 30.5. The molecular formula is C19H22N2O4. The number of oxazole rings is 1. The monoisotopic (exact) mass is 342 g/mol. The van der Waals surface area contributed by atoms with Crippen molar-refractivity contribution in [1.82, 2.24) is 9.88 Å². The summed E-state index contributed by atoms with van der Waals surface area (Å²) in [6, 6.07) is 9.56. The first kappa shape index (κ1) is 17.2. The van der Waals surface area contributed by atoms with Crippen LogP contribution in [0.3, 0.4) is 0 Å². The lowest BCUT2D eigenvalue weighted by Crippen LogP contribution is -2.43. The molecule has 25 heavy (non-hydrogen) atoms. The highest BCUT2D eigenvalue weighted by Crippen LogP contribution is 2.21. The Labute approximate surface area is 146 Å². The fraction of sp³-hybridized carbons (Fsp3) is 0.421. The first-order valence-corrected chi connectivity index (χ1v) is 8.61. The molecule has 6 heteroatoms. The van der Waals surface area contributed by atoms with E-state index in [2.05, 4.69) is 4.98 Å². The minimum atomic E-state index is -0.227. The average Bonchev–Trinajstić information content (AvgIpc) is 3.11. The Balaban J connectivity index is 1.60. The number of carbonyl (C=O) groups excluding carboxylic acids is 2. The molecule has 1 aromatic carbocycles. The first-order valence-electron chi connectivity index (χ1n) is 8.61. The summed E-state index contributed by atoms with van der Waals surface area (Å²) in [5.74, 6) is 0.0241. The number of likely N-dealkylation sites (tertiary alicyclic amines) is 1. The normalized spacial score (nSPS) is 17.3. The van der Waals surface area contributed by atoms with Gasteiger partial charge in [0, 0.05) is 18.7 Å². The third-order valence-corrected chi connectivity index (χ3v) is 4.30. The Bertz CT molecular complexity index is 726. The molecule has 0 radical (unpaired) electrons. The van der Waals surface area contributed by atoms with E-state index in [0.29, 0.717) is 31.3 Å². The standard InChI is InChI=1S/C19H22N2O4/c1-2-24-19(23)15-9-6-10-21(12-15)17(22)11-16-13-25-18(20-16)14-7-4-3-5-8-14/h3-5,7-8,13,15H,2,6,9-12H2,1H3.